The smallest absolute Gasteiger partial charge is 0.416 e. The predicted octanol–water partition coefficient (Wildman–Crippen LogP) is 18.7. The molecule has 772 valence electrons. The molecule has 0 spiro atoms. The van der Waals surface area contributed by atoms with Crippen molar-refractivity contribution in [3.05, 3.63) is 335 Å². The zero-order chi connectivity index (χ0) is 105. The zero-order valence-electron chi connectivity index (χ0n) is 77.7. The molecule has 0 unspecified atom stereocenters. The van der Waals surface area contributed by atoms with Crippen LogP contribution in [0.5, 0.6) is 0 Å². The zero-order valence-corrected chi connectivity index (χ0v) is 77.7. The number of benzene rings is 8. The minimum Gasteiger partial charge on any atom is -0.481 e. The first-order chi connectivity index (χ1) is 67.8. The van der Waals surface area contributed by atoms with Crippen LogP contribution in [0.1, 0.15) is 189 Å². The lowest BCUT2D eigenvalue weighted by Gasteiger charge is -2.53. The van der Waals surface area contributed by atoms with Crippen LogP contribution >= 0.6 is 0 Å². The Kier molecular flexibility index (Phi) is 33.7. The predicted molar refractivity (Wildman–Crippen MR) is 480 cm³/mol. The van der Waals surface area contributed by atoms with E-state index in [2.05, 4.69) is 46.5 Å². The number of carbonyl (C=O) groups is 5. The van der Waals surface area contributed by atoms with Gasteiger partial charge in [0.2, 0.25) is 11.8 Å². The third-order valence-electron chi connectivity index (χ3n) is 25.9. The van der Waals surface area contributed by atoms with Gasteiger partial charge in [0, 0.05) is 32.7 Å². The molecule has 0 saturated carbocycles. The number of aromatic nitrogens is 9. The number of carboxylic acids is 1. The van der Waals surface area contributed by atoms with E-state index in [9.17, 15) is 122 Å². The highest BCUT2D eigenvalue weighted by Crippen LogP contribution is 2.51. The second-order valence-corrected chi connectivity index (χ2v) is 35.3. The maximum Gasteiger partial charge on any atom is 0.416 e. The van der Waals surface area contributed by atoms with Gasteiger partial charge in [0.25, 0.3) is 0 Å². The summed E-state index contributed by atoms with van der Waals surface area (Å²) in [6.45, 7) is 6.27. The minimum absolute atomic E-state index is 0.0210. The van der Waals surface area contributed by atoms with Crippen LogP contribution < -0.4 is 33.0 Å². The fraction of sp³-hybridized carbons (Fsp3) is 0.398. The van der Waals surface area contributed by atoms with Crippen LogP contribution in [0, 0.1) is 0 Å². The van der Waals surface area contributed by atoms with Gasteiger partial charge in [0.15, 0.2) is 0 Å². The summed E-state index contributed by atoms with van der Waals surface area (Å²) in [4.78, 5) is 107. The lowest BCUT2D eigenvalue weighted by Crippen LogP contribution is -2.64. The number of amides is 4. The van der Waals surface area contributed by atoms with Crippen molar-refractivity contribution in [2.45, 2.75) is 194 Å². The Balaban J connectivity index is 0.000000194. The van der Waals surface area contributed by atoms with E-state index in [0.29, 0.717) is 84.6 Å². The van der Waals surface area contributed by atoms with Gasteiger partial charge in [-0.25, -0.2) is 39.3 Å². The van der Waals surface area contributed by atoms with Crippen LogP contribution in [-0.4, -0.2) is 142 Å². The van der Waals surface area contributed by atoms with E-state index < -0.39 is 195 Å². The van der Waals surface area contributed by atoms with Crippen molar-refractivity contribution < 1.29 is 132 Å². The van der Waals surface area contributed by atoms with Crippen molar-refractivity contribution in [3.8, 4) is 0 Å². The van der Waals surface area contributed by atoms with E-state index in [4.69, 9.17) is 23.7 Å². The Morgan fingerprint density at radius 1 is 0.382 bits per heavy atom. The van der Waals surface area contributed by atoms with Gasteiger partial charge in [-0.2, -0.15) is 94.3 Å². The number of halogens is 18. The number of hydrogen-bond donors (Lipinski definition) is 7. The lowest BCUT2D eigenvalue weighted by molar-refractivity contribution is -0.145. The summed E-state index contributed by atoms with van der Waals surface area (Å²) in [5, 5.41) is 37.2. The normalized spacial score (nSPS) is 20.7. The number of nitrogens with one attached hydrogen (secondary N) is 6. The van der Waals surface area contributed by atoms with Gasteiger partial charge in [-0.3, -0.25) is 37.9 Å². The van der Waals surface area contributed by atoms with Gasteiger partial charge in [0.05, 0.1) is 124 Å². The molecule has 0 radical (unpaired) electrons. The number of H-pyrrole nitrogens is 3. The van der Waals surface area contributed by atoms with Crippen molar-refractivity contribution >= 4 is 30.0 Å². The summed E-state index contributed by atoms with van der Waals surface area (Å²) in [5.74, 6) is -1.96. The quantitative estimate of drug-likeness (QED) is 0.0206. The topological polar surface area (TPSA) is 346 Å². The molecule has 0 aliphatic carbocycles. The van der Waals surface area contributed by atoms with Gasteiger partial charge in [-0.05, 0) is 172 Å². The summed E-state index contributed by atoms with van der Waals surface area (Å²) >= 11 is 0. The molecule has 11 aromatic rings. The summed E-state index contributed by atoms with van der Waals surface area (Å²) in [6, 6.07) is 47.2. The molecular weight excluding hydrogens is 1940 g/mol. The molecule has 0 bridgehead atoms. The second kappa shape index (κ2) is 44.5. The van der Waals surface area contributed by atoms with Crippen molar-refractivity contribution in [3.63, 3.8) is 0 Å². The van der Waals surface area contributed by atoms with Gasteiger partial charge < -0.3 is 44.7 Å². The molecule has 3 aliphatic heterocycles. The maximum atomic E-state index is 14.3. The van der Waals surface area contributed by atoms with Gasteiger partial charge in [-0.15, -0.1) is 0 Å². The summed E-state index contributed by atoms with van der Waals surface area (Å²) in [5.41, 5.74) is -16.5. The van der Waals surface area contributed by atoms with Crippen molar-refractivity contribution in [2.75, 3.05) is 52.5 Å². The Hall–Kier alpha value is -13.9. The van der Waals surface area contributed by atoms with Crippen LogP contribution in [0.2, 0.25) is 0 Å². The molecule has 28 nitrogen and oxygen atoms in total. The van der Waals surface area contributed by atoms with E-state index >= 15 is 0 Å². The molecule has 144 heavy (non-hydrogen) atoms. The molecule has 3 saturated heterocycles. The fourth-order valence-electron chi connectivity index (χ4n) is 18.2. The number of alkyl halides is 18. The Morgan fingerprint density at radius 2 is 0.667 bits per heavy atom. The first kappa shape index (κ1) is 109. The molecule has 8 aromatic carbocycles. The SMILES string of the molecule is CCNC(=O)C[C@]1(n2cn[nH]c2=O)CC[C@@](CO[C@H](C)c2cc(C(F)(F)F)cc(C(F)(F)F)c2)(c2ccccc2)N(C(=O)OCc2ccccc2)C1.CCNC(=O)C[C@]1(n2cn[nH]c2=O)CC[C@@](CO[C@H](C)c2cc(C(F)(F)F)cc(C(F)(F)F)c2)(c2ccccc2)NC1.C[C@@H](OC[C@@]1(c2ccccc2)CC[C@](CC(=O)O)(n2cn[nH]c2=O)CN1C(=O)OCc1ccccc1)c1cc(C(F)(F)F)cc(C(F)(F)F)c1. The lowest BCUT2D eigenvalue weighted by atomic mass is 9.73. The average molecular weight is 2040 g/mol. The Morgan fingerprint density at radius 3 is 0.951 bits per heavy atom. The van der Waals surface area contributed by atoms with E-state index in [1.807, 2.05) is 12.1 Å². The molecule has 3 fully saturated rings. The molecule has 4 amide bonds. The van der Waals surface area contributed by atoms with Crippen LogP contribution in [0.3, 0.4) is 0 Å². The number of aromatic amines is 3. The molecule has 6 heterocycles. The van der Waals surface area contributed by atoms with Crippen molar-refractivity contribution in [1.82, 2.24) is 70.0 Å². The highest BCUT2D eigenvalue weighted by Gasteiger charge is 2.58. The highest BCUT2D eigenvalue weighted by atomic mass is 19.4. The summed E-state index contributed by atoms with van der Waals surface area (Å²) in [7, 11) is 0. The third kappa shape index (κ3) is 25.8. The van der Waals surface area contributed by atoms with Crippen molar-refractivity contribution in [2.24, 2.45) is 0 Å². The van der Waals surface area contributed by atoms with Gasteiger partial charge in [0.1, 0.15) is 32.2 Å². The monoisotopic (exact) mass is 2040 g/mol. The molecule has 7 N–H and O–H groups in total. The second-order valence-electron chi connectivity index (χ2n) is 35.3. The van der Waals surface area contributed by atoms with Crippen LogP contribution in [0.15, 0.2) is 240 Å². The molecular formula is C98H100F18N14O14. The minimum atomic E-state index is -5.08. The Labute approximate surface area is 809 Å². The Bertz CT molecular complexity index is 6300. The summed E-state index contributed by atoms with van der Waals surface area (Å²) in [6.07, 6.45) is -32.4. The number of carbonyl (C=O) groups excluding carboxylic acids is 4. The summed E-state index contributed by atoms with van der Waals surface area (Å²) < 4.78 is 278. The highest BCUT2D eigenvalue weighted by molar-refractivity contribution is 5.78. The van der Waals surface area contributed by atoms with Crippen LogP contribution in [0.25, 0.3) is 0 Å². The van der Waals surface area contributed by atoms with Crippen molar-refractivity contribution in [1.29, 1.82) is 0 Å². The number of hydrogen-bond acceptors (Lipinski definition) is 17. The van der Waals surface area contributed by atoms with E-state index in [1.165, 1.54) is 52.4 Å². The molecule has 9 atom stereocenters. The third-order valence-corrected chi connectivity index (χ3v) is 25.9. The number of nitrogens with zero attached hydrogens (tertiary/aromatic N) is 8. The van der Waals surface area contributed by atoms with Gasteiger partial charge >= 0.3 is 72.3 Å². The largest absolute Gasteiger partial charge is 0.481 e. The number of carboxylic acid groups (broad SMARTS) is 1. The number of ether oxygens (including phenoxy) is 5. The number of likely N-dealkylation sites (tertiary alicyclic amines) is 2. The molecule has 3 aliphatic rings. The fourth-order valence-corrected chi connectivity index (χ4v) is 18.2. The molecule has 14 rings (SSSR count). The average Bonchev–Trinajstić information content (AvgIpc) is 1.13. The number of piperidine rings is 3. The van der Waals surface area contributed by atoms with Crippen LogP contribution in [-0.2, 0) is 122 Å². The van der Waals surface area contributed by atoms with Crippen LogP contribution in [0.4, 0.5) is 88.6 Å². The van der Waals surface area contributed by atoms with E-state index in [0.717, 1.165) is 16.5 Å². The maximum absolute atomic E-state index is 14.3. The standard InChI is InChI=1S/C36H37F6N5O5.C34H32F6N4O6.C28H31F6N5O3/c1-3-43-30(48)19-33(47-23-44-45-31(47)49)14-15-34(27-12-8-5-9-13-27,46(21-33)32(50)51-20-25-10-6-4-7-11-25)22-52-24(2)26-16-28(35(37,38)39)18-29(17-26)36(40,41)42;1-22(24-14-26(33(35,36)37)16-27(15-24)34(38,39)40)50-20-32(25-10-6-3-7-11-25)13-12-31(17-28(45)46,44-21-41-42-29(44)47)19-43(32)30(48)49-18-23-8-4-2-5-9-23;1-3-35-23(40)14-25(39-17-37-38-24(39)41)9-10-26(36-15-25,20-7-5-4-6-8-20)16-42-18(2)19-11-21(27(29,30)31)13-22(12-19)28(32,33)34/h4-13,16-18,23-24H,3,14-15,19-22H2,1-2H3,(H,43,48)(H,45,49);2-11,14-16,21-22H,12-13,17-20H2,1H3,(H,42,47)(H,45,46);4-8,11-13,17-18,36H,3,9-10,14-16H2,1-2H3,(H,35,40)(H,38,41)/t24-,33-,34-;22-,31-,32-;18-,25-,26-/m111/s1. The molecule has 46 heteroatoms. The van der Waals surface area contributed by atoms with E-state index in [1.54, 1.807) is 153 Å². The first-order valence-electron chi connectivity index (χ1n) is 45.0. The number of aliphatic carboxylic acids is 1. The molecule has 3 aromatic heterocycles. The van der Waals surface area contributed by atoms with E-state index in [-0.39, 0.29) is 107 Å². The van der Waals surface area contributed by atoms with Gasteiger partial charge in [-0.1, -0.05) is 152 Å². The first-order valence-corrected chi connectivity index (χ1v) is 45.0. The number of rotatable bonds is 30.